The summed E-state index contributed by atoms with van der Waals surface area (Å²) in [5.41, 5.74) is 8.00. The molecule has 8 rings (SSSR count). The van der Waals surface area contributed by atoms with Gasteiger partial charge in [0.15, 0.2) is 5.67 Å². The molecule has 1 saturated carbocycles. The Morgan fingerprint density at radius 3 is 2.42 bits per heavy atom. The predicted octanol–water partition coefficient (Wildman–Crippen LogP) is 6.68. The van der Waals surface area contributed by atoms with Crippen molar-refractivity contribution in [2.75, 3.05) is 49.5 Å². The van der Waals surface area contributed by atoms with Crippen LogP contribution in [-0.4, -0.2) is 128 Å². The molecule has 2 aromatic heterocycles. The largest absolute Gasteiger partial charge is 0.493 e. The Bertz CT molecular complexity index is 2660. The third-order valence-electron chi connectivity index (χ3n) is 14.2. The number of β-amino-alcohol motifs (C(OH)–C–C–N with tert-alkyl or cyclic N) is 1. The highest BCUT2D eigenvalue weighted by Crippen LogP contribution is 2.41. The van der Waals surface area contributed by atoms with Gasteiger partial charge in [0.1, 0.15) is 35.1 Å². The second-order valence-corrected chi connectivity index (χ2v) is 23.5. The van der Waals surface area contributed by atoms with E-state index in [0.717, 1.165) is 60.7 Å². The number of thiazole rings is 1. The normalized spacial score (nSPS) is 20.0. The molecule has 392 valence electrons. The van der Waals surface area contributed by atoms with E-state index >= 15 is 0 Å². The SMILES string of the molecule is Cc1ncsc1-c1ccc(CNC(=O)[C@@H]2C[C@@H](O)CN2C(=O)[C@@H](NC(=O)C2(F)CC2)C(C)(C)C)c(OCCC2CCN(C(=O)CC(=O)Nc3cccc(Sc4cnc(N5CCC(C)(N)CC5)cn4)c3Cl)CC2)c1. The minimum Gasteiger partial charge on any atom is -0.493 e. The number of nitrogens with one attached hydrogen (secondary N) is 3. The molecule has 73 heavy (non-hydrogen) atoms. The number of halogens is 2. The Labute approximate surface area is 438 Å². The lowest BCUT2D eigenvalue weighted by atomic mass is 9.85. The van der Waals surface area contributed by atoms with Crippen molar-refractivity contribution >= 4 is 75.7 Å². The second kappa shape index (κ2) is 22.6. The van der Waals surface area contributed by atoms with Crippen LogP contribution in [0.3, 0.4) is 0 Å². The number of rotatable bonds is 17. The molecule has 4 fully saturated rings. The number of likely N-dealkylation sites (tertiary alicyclic amines) is 2. The van der Waals surface area contributed by atoms with Crippen molar-refractivity contribution in [1.29, 1.82) is 0 Å². The summed E-state index contributed by atoms with van der Waals surface area (Å²) in [5.74, 6) is -0.970. The van der Waals surface area contributed by atoms with Crippen LogP contribution < -0.4 is 31.3 Å². The van der Waals surface area contributed by atoms with E-state index in [-0.39, 0.29) is 56.1 Å². The summed E-state index contributed by atoms with van der Waals surface area (Å²) in [6.45, 7) is 12.2. The maximum absolute atomic E-state index is 14.7. The van der Waals surface area contributed by atoms with Crippen molar-refractivity contribution in [3.05, 3.63) is 70.6 Å². The molecule has 5 heterocycles. The van der Waals surface area contributed by atoms with Gasteiger partial charge in [-0.25, -0.2) is 19.3 Å². The number of amides is 5. The van der Waals surface area contributed by atoms with Crippen LogP contribution in [0, 0.1) is 18.3 Å². The van der Waals surface area contributed by atoms with Gasteiger partial charge in [0.2, 0.25) is 23.6 Å². The lowest BCUT2D eigenvalue weighted by Crippen LogP contribution is -2.59. The molecular formula is C52H66ClFN10O7S2. The number of hydrogen-bond acceptors (Lipinski definition) is 14. The molecule has 21 heteroatoms. The molecule has 2 aromatic carbocycles. The van der Waals surface area contributed by atoms with Crippen LogP contribution in [0.1, 0.15) is 96.7 Å². The van der Waals surface area contributed by atoms with Gasteiger partial charge in [-0.15, -0.1) is 11.3 Å². The lowest BCUT2D eigenvalue weighted by molar-refractivity contribution is -0.145. The minimum atomic E-state index is -1.99. The molecule has 1 aliphatic carbocycles. The molecule has 17 nitrogen and oxygen atoms in total. The number of nitrogens with two attached hydrogens (primary N) is 1. The van der Waals surface area contributed by atoms with Gasteiger partial charge in [0.05, 0.1) is 51.9 Å². The zero-order valence-electron chi connectivity index (χ0n) is 42.0. The Morgan fingerprint density at radius 1 is 1.03 bits per heavy atom. The van der Waals surface area contributed by atoms with Gasteiger partial charge in [-0.2, -0.15) is 0 Å². The van der Waals surface area contributed by atoms with Crippen LogP contribution >= 0.6 is 34.7 Å². The molecule has 3 atom stereocenters. The summed E-state index contributed by atoms with van der Waals surface area (Å²) in [5, 5.41) is 20.0. The van der Waals surface area contributed by atoms with Gasteiger partial charge in [-0.05, 0) is 93.9 Å². The number of benzene rings is 2. The van der Waals surface area contributed by atoms with E-state index in [0.29, 0.717) is 58.1 Å². The fraction of sp³-hybridized carbons (Fsp3) is 0.538. The first-order valence-corrected chi connectivity index (χ1v) is 27.1. The van der Waals surface area contributed by atoms with Crippen molar-refractivity contribution < 1.29 is 38.2 Å². The monoisotopic (exact) mass is 1060 g/mol. The summed E-state index contributed by atoms with van der Waals surface area (Å²) in [6, 6.07) is 8.96. The molecule has 4 aliphatic rings. The van der Waals surface area contributed by atoms with Crippen molar-refractivity contribution in [1.82, 2.24) is 35.4 Å². The Morgan fingerprint density at radius 2 is 1.77 bits per heavy atom. The number of aliphatic hydroxyl groups is 1. The summed E-state index contributed by atoms with van der Waals surface area (Å²) in [4.78, 5) is 87.6. The van der Waals surface area contributed by atoms with Crippen LogP contribution in [0.5, 0.6) is 5.75 Å². The number of aromatic nitrogens is 3. The summed E-state index contributed by atoms with van der Waals surface area (Å²) in [7, 11) is 0. The van der Waals surface area contributed by atoms with Crippen LogP contribution in [0.4, 0.5) is 15.9 Å². The minimum absolute atomic E-state index is 0.00572. The highest BCUT2D eigenvalue weighted by atomic mass is 35.5. The maximum Gasteiger partial charge on any atom is 0.258 e. The van der Waals surface area contributed by atoms with Crippen molar-refractivity contribution in [2.45, 2.75) is 138 Å². The number of hydrogen-bond donors (Lipinski definition) is 5. The fourth-order valence-electron chi connectivity index (χ4n) is 9.39. The summed E-state index contributed by atoms with van der Waals surface area (Å²) in [6.07, 6.45) is 6.29. The predicted molar refractivity (Wildman–Crippen MR) is 279 cm³/mol. The molecule has 6 N–H and O–H groups in total. The number of ether oxygens (including phenoxy) is 1. The number of aryl methyl sites for hydroxylation is 1. The number of anilines is 2. The van der Waals surface area contributed by atoms with Crippen LogP contribution in [0.25, 0.3) is 10.4 Å². The van der Waals surface area contributed by atoms with Gasteiger partial charge < -0.3 is 46.2 Å². The highest BCUT2D eigenvalue weighted by Gasteiger charge is 2.53. The molecule has 0 spiro atoms. The van der Waals surface area contributed by atoms with Crippen LogP contribution in [-0.2, 0) is 30.5 Å². The van der Waals surface area contributed by atoms with Gasteiger partial charge in [-0.3, -0.25) is 24.0 Å². The zero-order valence-corrected chi connectivity index (χ0v) is 44.4. The Hall–Kier alpha value is -5.41. The van der Waals surface area contributed by atoms with Gasteiger partial charge >= 0.3 is 0 Å². The quantitative estimate of drug-likeness (QED) is 0.0697. The second-order valence-electron chi connectivity index (χ2n) is 21.2. The third kappa shape index (κ3) is 13.5. The lowest BCUT2D eigenvalue weighted by Gasteiger charge is -2.37. The van der Waals surface area contributed by atoms with Crippen LogP contribution in [0.15, 0.2) is 64.2 Å². The standard InChI is InChI=1S/C52H66ClFN10O7S2/c1-31-45(72-30-59-31)33-9-10-34(26-58-47(68)37-24-35(65)29-64(37)48(69)46(50(2,3)4)61-49(70)52(54)14-15-52)38(23-33)71-22-13-32-11-18-63(19-12-32)43(67)25-41(66)60-36-7-6-8-39(44(36)53)73-42-28-56-40(27-57-42)62-20-16-51(5,55)17-21-62/h6-10,23,27-28,30,32,35,37,46,65H,11-22,24-26,29,55H2,1-5H3,(H,58,68)(H,60,66)(H,61,70)/t35-,37+,46-/m1/s1. The van der Waals surface area contributed by atoms with Gasteiger partial charge in [0, 0.05) is 61.7 Å². The van der Waals surface area contributed by atoms with E-state index < -0.39 is 52.9 Å². The first-order chi connectivity index (χ1) is 34.7. The van der Waals surface area contributed by atoms with Crippen molar-refractivity contribution in [2.24, 2.45) is 17.1 Å². The van der Waals surface area contributed by atoms with E-state index in [1.165, 1.54) is 28.0 Å². The number of piperidine rings is 2. The van der Waals surface area contributed by atoms with Gasteiger partial charge in [0.25, 0.3) is 5.91 Å². The zero-order chi connectivity index (χ0) is 52.2. The van der Waals surface area contributed by atoms with Crippen molar-refractivity contribution in [3.8, 4) is 16.2 Å². The number of nitrogens with zero attached hydrogens (tertiary/aromatic N) is 6. The smallest absolute Gasteiger partial charge is 0.258 e. The van der Waals surface area contributed by atoms with E-state index in [2.05, 4.69) is 42.7 Å². The van der Waals surface area contributed by atoms with E-state index in [9.17, 15) is 33.5 Å². The Kier molecular flexibility index (Phi) is 16.7. The third-order valence-corrected chi connectivity index (χ3v) is 16.7. The number of aliphatic hydroxyl groups excluding tert-OH is 1. The van der Waals surface area contributed by atoms with Crippen molar-refractivity contribution in [3.63, 3.8) is 0 Å². The molecule has 0 bridgehead atoms. The number of carbonyl (C=O) groups is 5. The topological polar surface area (TPSA) is 225 Å². The van der Waals surface area contributed by atoms with Gasteiger partial charge in [-0.1, -0.05) is 62.3 Å². The summed E-state index contributed by atoms with van der Waals surface area (Å²) >= 11 is 9.60. The highest BCUT2D eigenvalue weighted by molar-refractivity contribution is 7.99. The average molecular weight is 1060 g/mol. The molecule has 0 radical (unpaired) electrons. The molecule has 5 amide bonds. The van der Waals surface area contributed by atoms with E-state index in [1.54, 1.807) is 55.7 Å². The molecular weight excluding hydrogens is 995 g/mol. The Balaban J connectivity index is 0.817. The summed E-state index contributed by atoms with van der Waals surface area (Å²) < 4.78 is 21.1. The van der Waals surface area contributed by atoms with Crippen LogP contribution in [0.2, 0.25) is 5.02 Å². The van der Waals surface area contributed by atoms with E-state index in [4.69, 9.17) is 22.1 Å². The number of alkyl halides is 1. The molecule has 3 saturated heterocycles. The maximum atomic E-state index is 14.7. The molecule has 3 aliphatic heterocycles. The number of carbonyl (C=O) groups excluding carboxylic acids is 5. The molecule has 4 aromatic rings. The first-order valence-electron chi connectivity index (χ1n) is 25.0. The first kappa shape index (κ1) is 53.9. The molecule has 0 unspecified atom stereocenters. The fourth-order valence-corrected chi connectivity index (χ4v) is 11.3. The average Bonchev–Trinajstić information content (AvgIpc) is 3.76. The van der Waals surface area contributed by atoms with E-state index in [1.807, 2.05) is 31.2 Å².